The van der Waals surface area contributed by atoms with Crippen molar-refractivity contribution in [2.24, 2.45) is 0 Å². The van der Waals surface area contributed by atoms with E-state index in [1.54, 1.807) is 4.68 Å². The molecule has 2 aromatic heterocycles. The largest absolute Gasteiger partial charge is 0.465 e. The summed E-state index contributed by atoms with van der Waals surface area (Å²) in [6, 6.07) is 5.67. The van der Waals surface area contributed by atoms with Crippen molar-refractivity contribution in [1.82, 2.24) is 24.6 Å². The average molecular weight is 455 g/mol. The molecule has 174 valence electrons. The van der Waals surface area contributed by atoms with E-state index in [0.717, 1.165) is 42.9 Å². The van der Waals surface area contributed by atoms with Crippen LogP contribution in [-0.2, 0) is 4.74 Å². The Labute approximate surface area is 190 Å². The molecule has 0 atom stereocenters. The van der Waals surface area contributed by atoms with Crippen LogP contribution in [0.25, 0.3) is 16.7 Å². The molecule has 4 heterocycles. The van der Waals surface area contributed by atoms with Crippen LogP contribution in [-0.4, -0.2) is 75.2 Å². The number of nitrogens with zero attached hydrogens (tertiary/aromatic N) is 6. The summed E-state index contributed by atoms with van der Waals surface area (Å²) in [7, 11) is 0. The summed E-state index contributed by atoms with van der Waals surface area (Å²) in [4.78, 5) is 24.0. The van der Waals surface area contributed by atoms with Crippen LogP contribution in [0, 0.1) is 19.8 Å². The number of aromatic nitrogens is 4. The molecule has 1 aromatic carbocycles. The maximum atomic E-state index is 14.9. The second-order valence-electron chi connectivity index (χ2n) is 8.70. The molecule has 9 nitrogen and oxygen atoms in total. The van der Waals surface area contributed by atoms with Crippen LogP contribution in [0.4, 0.5) is 15.0 Å². The molecule has 0 spiro atoms. The zero-order valence-electron chi connectivity index (χ0n) is 18.8. The number of hydrogen-bond donors (Lipinski definition) is 1. The van der Waals surface area contributed by atoms with Gasteiger partial charge in [-0.2, -0.15) is 4.39 Å². The highest BCUT2D eigenvalue weighted by Gasteiger charge is 2.26. The van der Waals surface area contributed by atoms with Crippen LogP contribution in [0.15, 0.2) is 18.2 Å². The van der Waals surface area contributed by atoms with Crippen molar-refractivity contribution >= 4 is 22.8 Å². The van der Waals surface area contributed by atoms with Crippen molar-refractivity contribution in [3.05, 3.63) is 41.1 Å². The summed E-state index contributed by atoms with van der Waals surface area (Å²) in [5.41, 5.74) is 2.75. The van der Waals surface area contributed by atoms with Gasteiger partial charge in [-0.05, 0) is 55.9 Å². The van der Waals surface area contributed by atoms with Gasteiger partial charge in [0.1, 0.15) is 11.6 Å². The minimum absolute atomic E-state index is 0.215. The van der Waals surface area contributed by atoms with Crippen LogP contribution < -0.4 is 4.90 Å². The third-order valence-electron chi connectivity index (χ3n) is 6.59. The fraction of sp³-hybridized carbons (Fsp3) is 0.478. The molecule has 0 bridgehead atoms. The Balaban J connectivity index is 1.54. The van der Waals surface area contributed by atoms with Crippen LogP contribution in [0.2, 0.25) is 0 Å². The van der Waals surface area contributed by atoms with Crippen LogP contribution >= 0.6 is 0 Å². The van der Waals surface area contributed by atoms with Crippen molar-refractivity contribution in [3.8, 4) is 5.82 Å². The highest BCUT2D eigenvalue weighted by molar-refractivity contribution is 5.83. The molecule has 10 heteroatoms. The number of carbonyl (C=O) groups is 1. The molecule has 0 saturated carbocycles. The number of likely N-dealkylation sites (tertiary alicyclic amines) is 1. The van der Waals surface area contributed by atoms with Gasteiger partial charge in [0, 0.05) is 32.2 Å². The van der Waals surface area contributed by atoms with Crippen LogP contribution in [0.5, 0.6) is 0 Å². The first kappa shape index (κ1) is 21.6. The molecule has 2 fully saturated rings. The van der Waals surface area contributed by atoms with Crippen LogP contribution in [0.3, 0.4) is 0 Å². The van der Waals surface area contributed by atoms with E-state index in [9.17, 15) is 14.3 Å². The molecular formula is C23H27FN6O3. The molecular weight excluding hydrogens is 427 g/mol. The lowest BCUT2D eigenvalue weighted by Crippen LogP contribution is -2.37. The van der Waals surface area contributed by atoms with E-state index in [4.69, 9.17) is 4.74 Å². The maximum Gasteiger partial charge on any atom is 0.407 e. The van der Waals surface area contributed by atoms with E-state index in [1.165, 1.54) is 4.90 Å². The number of carboxylic acid groups (broad SMARTS) is 1. The molecule has 33 heavy (non-hydrogen) atoms. The quantitative estimate of drug-likeness (QED) is 0.649. The lowest BCUT2D eigenvalue weighted by atomic mass is 9.86. The fourth-order valence-electron chi connectivity index (χ4n) is 4.84. The Morgan fingerprint density at radius 2 is 1.76 bits per heavy atom. The molecule has 2 saturated heterocycles. The minimum Gasteiger partial charge on any atom is -0.465 e. The summed E-state index contributed by atoms with van der Waals surface area (Å²) in [5.74, 6) is 1.56. The smallest absolute Gasteiger partial charge is 0.407 e. The minimum atomic E-state index is -0.879. The number of halogens is 1. The molecule has 0 radical (unpaired) electrons. The first-order chi connectivity index (χ1) is 15.9. The Morgan fingerprint density at radius 1 is 1.06 bits per heavy atom. The number of benzene rings is 1. The molecule has 0 aliphatic carbocycles. The third kappa shape index (κ3) is 4.10. The van der Waals surface area contributed by atoms with Crippen molar-refractivity contribution < 1.29 is 19.0 Å². The Bertz CT molecular complexity index is 1200. The molecule has 2 aliphatic rings. The van der Waals surface area contributed by atoms with Gasteiger partial charge < -0.3 is 19.6 Å². The number of rotatable bonds is 3. The number of morpholine rings is 1. The van der Waals surface area contributed by atoms with Gasteiger partial charge in [0.25, 0.3) is 0 Å². The van der Waals surface area contributed by atoms with Gasteiger partial charge in [-0.15, -0.1) is 5.10 Å². The highest BCUT2D eigenvalue weighted by atomic mass is 19.1. The topological polar surface area (TPSA) is 96.6 Å². The predicted molar refractivity (Wildman–Crippen MR) is 121 cm³/mol. The lowest BCUT2D eigenvalue weighted by molar-refractivity contribution is 0.122. The predicted octanol–water partition coefficient (Wildman–Crippen LogP) is 3.27. The Hall–Kier alpha value is -3.27. The number of aryl methyl sites for hydroxylation is 2. The van der Waals surface area contributed by atoms with Gasteiger partial charge in [-0.25, -0.2) is 19.4 Å². The molecule has 2 aliphatic heterocycles. The van der Waals surface area contributed by atoms with Crippen molar-refractivity contribution in [2.75, 3.05) is 44.3 Å². The summed E-state index contributed by atoms with van der Waals surface area (Å²) in [6.07, 6.45) is 0.600. The third-order valence-corrected chi connectivity index (χ3v) is 6.59. The van der Waals surface area contributed by atoms with Gasteiger partial charge in [-0.1, -0.05) is 0 Å². The van der Waals surface area contributed by atoms with Crippen molar-refractivity contribution in [2.45, 2.75) is 32.6 Å². The second-order valence-corrected chi connectivity index (χ2v) is 8.70. The Kier molecular flexibility index (Phi) is 5.61. The fourth-order valence-corrected chi connectivity index (χ4v) is 4.84. The standard InChI is InChI=1S/C23H27FN6O3/c1-14-11-18-19(12-17(14)16-3-5-29(6-4-16)23(31)32)30(27-22(18)24)21-13-20(25-15(2)26-21)28-7-9-33-10-8-28/h11-13,16H,3-10H2,1-2H3,(H,31,32). The van der Waals surface area contributed by atoms with Gasteiger partial charge in [0.15, 0.2) is 5.82 Å². The number of fused-ring (bicyclic) bond motifs is 1. The first-order valence-corrected chi connectivity index (χ1v) is 11.3. The second kappa shape index (κ2) is 8.58. The van der Waals surface area contributed by atoms with Crippen LogP contribution in [0.1, 0.15) is 35.7 Å². The lowest BCUT2D eigenvalue weighted by Gasteiger charge is -2.31. The monoisotopic (exact) mass is 454 g/mol. The zero-order chi connectivity index (χ0) is 23.1. The average Bonchev–Trinajstić information content (AvgIpc) is 3.14. The number of piperidine rings is 1. The Morgan fingerprint density at radius 3 is 2.45 bits per heavy atom. The molecule has 1 N–H and O–H groups in total. The van der Waals surface area contributed by atoms with E-state index < -0.39 is 12.0 Å². The molecule has 1 amide bonds. The highest BCUT2D eigenvalue weighted by Crippen LogP contribution is 2.34. The number of anilines is 1. The molecule has 0 unspecified atom stereocenters. The van der Waals surface area contributed by atoms with Gasteiger partial charge >= 0.3 is 6.09 Å². The van der Waals surface area contributed by atoms with E-state index in [-0.39, 0.29) is 5.92 Å². The number of amides is 1. The molecule has 5 rings (SSSR count). The molecule has 3 aromatic rings. The summed E-state index contributed by atoms with van der Waals surface area (Å²) >= 11 is 0. The van der Waals surface area contributed by atoms with E-state index in [2.05, 4.69) is 20.0 Å². The normalized spacial score (nSPS) is 17.7. The van der Waals surface area contributed by atoms with E-state index >= 15 is 0 Å². The van der Waals surface area contributed by atoms with Gasteiger partial charge in [0.2, 0.25) is 5.95 Å². The SMILES string of the molecule is Cc1nc(N2CCOCC2)cc(-n2nc(F)c3cc(C)c(C4CCN(C(=O)O)CC4)cc32)n1. The zero-order valence-corrected chi connectivity index (χ0v) is 18.8. The summed E-state index contributed by atoms with van der Waals surface area (Å²) < 4.78 is 21.9. The van der Waals surface area contributed by atoms with E-state index in [1.807, 2.05) is 32.0 Å². The van der Waals surface area contributed by atoms with E-state index in [0.29, 0.717) is 48.8 Å². The summed E-state index contributed by atoms with van der Waals surface area (Å²) in [5, 5.41) is 13.9. The van der Waals surface area contributed by atoms with Gasteiger partial charge in [0.05, 0.1) is 24.1 Å². The number of ether oxygens (including phenoxy) is 1. The van der Waals surface area contributed by atoms with Crippen molar-refractivity contribution in [1.29, 1.82) is 0 Å². The maximum absolute atomic E-state index is 14.9. The van der Waals surface area contributed by atoms with Gasteiger partial charge in [-0.3, -0.25) is 0 Å². The summed E-state index contributed by atoms with van der Waals surface area (Å²) in [6.45, 7) is 7.55. The van der Waals surface area contributed by atoms with Crippen molar-refractivity contribution in [3.63, 3.8) is 0 Å². The number of hydrogen-bond acceptors (Lipinski definition) is 6. The first-order valence-electron chi connectivity index (χ1n) is 11.3.